The maximum atomic E-state index is 12.0. The first kappa shape index (κ1) is 13.0. The Morgan fingerprint density at radius 3 is 2.78 bits per heavy atom. The van der Waals surface area contributed by atoms with Crippen molar-refractivity contribution >= 4 is 5.91 Å². The molecule has 0 aromatic carbocycles. The predicted octanol–water partition coefficient (Wildman–Crippen LogP) is 1.21. The number of amides is 1. The monoisotopic (exact) mass is 247 g/mol. The molecule has 0 spiro atoms. The zero-order chi connectivity index (χ0) is 13.2. The van der Waals surface area contributed by atoms with Gasteiger partial charge in [-0.15, -0.1) is 0 Å². The van der Waals surface area contributed by atoms with Crippen molar-refractivity contribution < 1.29 is 4.79 Å². The van der Waals surface area contributed by atoms with Crippen LogP contribution < -0.4 is 11.1 Å². The smallest absolute Gasteiger partial charge is 0.227 e. The molecule has 98 valence electrons. The Bertz CT molecular complexity index is 424. The van der Waals surface area contributed by atoms with Crippen LogP contribution in [0.5, 0.6) is 0 Å². The number of carbonyl (C=O) groups is 1. The van der Waals surface area contributed by atoms with Gasteiger partial charge in [-0.25, -0.2) is 0 Å². The average Bonchev–Trinajstić information content (AvgIpc) is 3.18. The van der Waals surface area contributed by atoms with E-state index in [0.717, 1.165) is 18.4 Å². The third-order valence-electron chi connectivity index (χ3n) is 3.86. The molecule has 0 saturated heterocycles. The van der Waals surface area contributed by atoms with Crippen molar-refractivity contribution in [2.24, 2.45) is 11.1 Å². The van der Waals surface area contributed by atoms with E-state index in [1.165, 1.54) is 0 Å². The average molecular weight is 247 g/mol. The van der Waals surface area contributed by atoms with Gasteiger partial charge in [0.05, 0.1) is 5.41 Å². The number of rotatable bonds is 5. The van der Waals surface area contributed by atoms with Gasteiger partial charge < -0.3 is 11.1 Å². The van der Waals surface area contributed by atoms with E-state index in [1.807, 2.05) is 18.3 Å². The summed E-state index contributed by atoms with van der Waals surface area (Å²) < 4.78 is 0. The van der Waals surface area contributed by atoms with E-state index in [2.05, 4.69) is 24.1 Å². The Morgan fingerprint density at radius 2 is 2.28 bits per heavy atom. The predicted molar refractivity (Wildman–Crippen MR) is 71.0 cm³/mol. The van der Waals surface area contributed by atoms with Crippen molar-refractivity contribution in [3.63, 3.8) is 0 Å². The van der Waals surface area contributed by atoms with Gasteiger partial charge in [-0.3, -0.25) is 9.78 Å². The topological polar surface area (TPSA) is 68.0 Å². The second-order valence-corrected chi connectivity index (χ2v) is 5.79. The number of hydrogen-bond donors (Lipinski definition) is 2. The molecule has 3 N–H and O–H groups in total. The van der Waals surface area contributed by atoms with Crippen molar-refractivity contribution in [2.75, 3.05) is 13.1 Å². The van der Waals surface area contributed by atoms with Crippen LogP contribution in [0.2, 0.25) is 0 Å². The molecular weight excluding hydrogens is 226 g/mol. The second-order valence-electron chi connectivity index (χ2n) is 5.79. The molecule has 1 amide bonds. The summed E-state index contributed by atoms with van der Waals surface area (Å²) in [6.45, 7) is 5.27. The van der Waals surface area contributed by atoms with Gasteiger partial charge in [0.2, 0.25) is 5.91 Å². The van der Waals surface area contributed by atoms with E-state index in [4.69, 9.17) is 5.73 Å². The van der Waals surface area contributed by atoms with Gasteiger partial charge in [-0.2, -0.15) is 0 Å². The lowest BCUT2D eigenvalue weighted by Crippen LogP contribution is -2.42. The zero-order valence-electron chi connectivity index (χ0n) is 11.1. The summed E-state index contributed by atoms with van der Waals surface area (Å²) in [5.74, 6) is 0.0990. The molecule has 1 heterocycles. The van der Waals surface area contributed by atoms with Crippen molar-refractivity contribution in [1.29, 1.82) is 0 Å². The normalized spacial score (nSPS) is 17.3. The number of hydrogen-bond acceptors (Lipinski definition) is 3. The van der Waals surface area contributed by atoms with Gasteiger partial charge in [-0.1, -0.05) is 19.9 Å². The molecule has 0 atom stereocenters. The number of nitrogens with two attached hydrogens (primary N) is 1. The van der Waals surface area contributed by atoms with Crippen LogP contribution in [-0.2, 0) is 10.2 Å². The van der Waals surface area contributed by atoms with E-state index in [1.54, 1.807) is 6.20 Å². The number of pyridine rings is 1. The molecule has 0 unspecified atom stereocenters. The number of nitrogens with one attached hydrogen (secondary N) is 1. The fourth-order valence-electron chi connectivity index (χ4n) is 2.03. The van der Waals surface area contributed by atoms with Crippen LogP contribution in [0.15, 0.2) is 24.5 Å². The van der Waals surface area contributed by atoms with Gasteiger partial charge >= 0.3 is 0 Å². The summed E-state index contributed by atoms with van der Waals surface area (Å²) in [7, 11) is 0. The van der Waals surface area contributed by atoms with Gasteiger partial charge in [0.1, 0.15) is 0 Å². The zero-order valence-corrected chi connectivity index (χ0v) is 11.1. The Labute approximate surface area is 108 Å². The van der Waals surface area contributed by atoms with Crippen LogP contribution in [0.25, 0.3) is 0 Å². The molecule has 1 saturated carbocycles. The number of carbonyl (C=O) groups excluding carboxylic acids is 1. The molecule has 1 aromatic heterocycles. The molecule has 1 aliphatic carbocycles. The quantitative estimate of drug-likeness (QED) is 0.822. The first-order valence-corrected chi connectivity index (χ1v) is 6.39. The van der Waals surface area contributed by atoms with Crippen LogP contribution in [0.3, 0.4) is 0 Å². The van der Waals surface area contributed by atoms with E-state index in [0.29, 0.717) is 13.1 Å². The molecule has 1 fully saturated rings. The summed E-state index contributed by atoms with van der Waals surface area (Å²) in [6, 6.07) is 3.95. The maximum Gasteiger partial charge on any atom is 0.227 e. The summed E-state index contributed by atoms with van der Waals surface area (Å²) in [6.07, 6.45) is 5.44. The molecule has 4 heteroatoms. The van der Waals surface area contributed by atoms with Crippen molar-refractivity contribution in [2.45, 2.75) is 32.1 Å². The largest absolute Gasteiger partial charge is 0.355 e. The van der Waals surface area contributed by atoms with E-state index < -0.39 is 0 Å². The summed E-state index contributed by atoms with van der Waals surface area (Å²) >= 11 is 0. The minimum absolute atomic E-state index is 0.0990. The first-order valence-electron chi connectivity index (χ1n) is 6.39. The molecule has 0 bridgehead atoms. The van der Waals surface area contributed by atoms with E-state index >= 15 is 0 Å². The fourth-order valence-corrected chi connectivity index (χ4v) is 2.03. The highest BCUT2D eigenvalue weighted by molar-refractivity contribution is 5.85. The van der Waals surface area contributed by atoms with Gasteiger partial charge in [0.15, 0.2) is 0 Å². The number of nitrogens with zero attached hydrogens (tertiary/aromatic N) is 1. The maximum absolute atomic E-state index is 12.0. The van der Waals surface area contributed by atoms with Gasteiger partial charge in [0, 0.05) is 30.9 Å². The van der Waals surface area contributed by atoms with Crippen molar-refractivity contribution in [1.82, 2.24) is 10.3 Å². The molecule has 0 aliphatic heterocycles. The van der Waals surface area contributed by atoms with Gasteiger partial charge in [-0.05, 0) is 24.5 Å². The van der Waals surface area contributed by atoms with E-state index in [9.17, 15) is 4.79 Å². The molecule has 18 heavy (non-hydrogen) atoms. The third kappa shape index (κ3) is 2.53. The highest BCUT2D eigenvalue weighted by atomic mass is 16.2. The summed E-state index contributed by atoms with van der Waals surface area (Å²) in [4.78, 5) is 16.2. The third-order valence-corrected chi connectivity index (χ3v) is 3.86. The van der Waals surface area contributed by atoms with Crippen LogP contribution in [0.4, 0.5) is 0 Å². The minimum Gasteiger partial charge on any atom is -0.355 e. The second kappa shape index (κ2) is 4.69. The highest BCUT2D eigenvalue weighted by Gasteiger charge is 2.48. The lowest BCUT2D eigenvalue weighted by Gasteiger charge is -2.26. The molecule has 1 aliphatic rings. The molecule has 0 radical (unpaired) electrons. The summed E-state index contributed by atoms with van der Waals surface area (Å²) in [5, 5.41) is 3.03. The number of aromatic nitrogens is 1. The molecular formula is C14H21N3O. The Balaban J connectivity index is 1.95. The molecule has 2 rings (SSSR count). The fraction of sp³-hybridized carbons (Fsp3) is 0.571. The Morgan fingerprint density at radius 1 is 1.56 bits per heavy atom. The van der Waals surface area contributed by atoms with Crippen LogP contribution >= 0.6 is 0 Å². The highest BCUT2D eigenvalue weighted by Crippen LogP contribution is 2.44. The Hall–Kier alpha value is -1.42. The van der Waals surface area contributed by atoms with Crippen molar-refractivity contribution in [3.05, 3.63) is 30.1 Å². The first-order chi connectivity index (χ1) is 8.50. The lowest BCUT2D eigenvalue weighted by molar-refractivity contribution is -0.126. The summed E-state index contributed by atoms with van der Waals surface area (Å²) in [5.41, 5.74) is 6.39. The van der Waals surface area contributed by atoms with Gasteiger partial charge in [0.25, 0.3) is 0 Å². The SMILES string of the molecule is CC(C)(CNC(=O)C1(CN)CC1)c1cccnc1. The standard InChI is InChI=1S/C14H21N3O/c1-13(2,11-4-3-7-16-8-11)10-17-12(18)14(9-15)5-6-14/h3-4,7-8H,5-6,9-10,15H2,1-2H3,(H,17,18). The molecule has 1 aromatic rings. The molecule has 4 nitrogen and oxygen atoms in total. The van der Waals surface area contributed by atoms with Crippen LogP contribution in [0.1, 0.15) is 32.3 Å². The van der Waals surface area contributed by atoms with Crippen LogP contribution in [0, 0.1) is 5.41 Å². The van der Waals surface area contributed by atoms with Crippen LogP contribution in [-0.4, -0.2) is 24.0 Å². The van der Waals surface area contributed by atoms with E-state index in [-0.39, 0.29) is 16.7 Å². The Kier molecular flexibility index (Phi) is 3.39. The minimum atomic E-state index is -0.273. The van der Waals surface area contributed by atoms with Crippen molar-refractivity contribution in [3.8, 4) is 0 Å². The lowest BCUT2D eigenvalue weighted by atomic mass is 9.85.